The predicted molar refractivity (Wildman–Crippen MR) is 91.4 cm³/mol. The fourth-order valence-electron chi connectivity index (χ4n) is 2.35. The number of carbonyl (C=O) groups is 2. The molecule has 0 saturated heterocycles. The Kier molecular flexibility index (Phi) is 5.52. The van der Waals surface area contributed by atoms with Crippen molar-refractivity contribution in [3.05, 3.63) is 70.8 Å². The number of aryl methyl sites for hydroxylation is 1. The Balaban J connectivity index is 2.03. The van der Waals surface area contributed by atoms with Crippen LogP contribution in [0.5, 0.6) is 0 Å². The van der Waals surface area contributed by atoms with E-state index in [2.05, 4.69) is 12.2 Å². The number of benzene rings is 2. The van der Waals surface area contributed by atoms with Gasteiger partial charge in [0.2, 0.25) is 0 Å². The van der Waals surface area contributed by atoms with Crippen LogP contribution in [0.2, 0.25) is 0 Å². The maximum Gasteiger partial charge on any atom is 0.253 e. The van der Waals surface area contributed by atoms with Gasteiger partial charge < -0.3 is 10.2 Å². The van der Waals surface area contributed by atoms with E-state index in [1.54, 1.807) is 31.1 Å². The molecule has 0 heterocycles. The molecule has 0 radical (unpaired) electrons. The zero-order valence-electron chi connectivity index (χ0n) is 13.8. The van der Waals surface area contributed by atoms with Crippen LogP contribution in [0.15, 0.2) is 48.5 Å². The zero-order valence-corrected chi connectivity index (χ0v) is 13.8. The molecule has 2 aromatic carbocycles. The summed E-state index contributed by atoms with van der Waals surface area (Å²) in [6.07, 6.45) is 0.960. The number of hydrogen-bond donors (Lipinski definition) is 1. The highest BCUT2D eigenvalue weighted by molar-refractivity contribution is 5.94. The Bertz CT molecular complexity index is 676. The van der Waals surface area contributed by atoms with Gasteiger partial charge in [-0.2, -0.15) is 0 Å². The first kappa shape index (κ1) is 16.7. The van der Waals surface area contributed by atoms with Crippen molar-refractivity contribution in [3.63, 3.8) is 0 Å². The highest BCUT2D eigenvalue weighted by Gasteiger charge is 2.12. The molecule has 0 aliphatic rings. The van der Waals surface area contributed by atoms with Gasteiger partial charge in [0.05, 0.1) is 0 Å². The maximum absolute atomic E-state index is 12.4. The summed E-state index contributed by atoms with van der Waals surface area (Å²) in [4.78, 5) is 25.6. The second kappa shape index (κ2) is 7.58. The van der Waals surface area contributed by atoms with Crippen molar-refractivity contribution in [1.29, 1.82) is 0 Å². The molecule has 0 saturated carbocycles. The average Bonchev–Trinajstić information content (AvgIpc) is 2.61. The summed E-state index contributed by atoms with van der Waals surface area (Å²) < 4.78 is 0. The Labute approximate surface area is 137 Å². The van der Waals surface area contributed by atoms with E-state index >= 15 is 0 Å². The minimum atomic E-state index is -0.114. The van der Waals surface area contributed by atoms with Gasteiger partial charge in [-0.1, -0.05) is 31.2 Å². The van der Waals surface area contributed by atoms with Gasteiger partial charge in [0, 0.05) is 31.8 Å². The lowest BCUT2D eigenvalue weighted by atomic mass is 10.1. The summed E-state index contributed by atoms with van der Waals surface area (Å²) in [6.45, 7) is 2.59. The van der Waals surface area contributed by atoms with Gasteiger partial charge in [-0.15, -0.1) is 0 Å². The second-order valence-corrected chi connectivity index (χ2v) is 5.49. The van der Waals surface area contributed by atoms with Crippen molar-refractivity contribution < 1.29 is 9.59 Å². The first-order valence-corrected chi connectivity index (χ1v) is 7.70. The molecule has 2 amide bonds. The molecule has 0 bridgehead atoms. The largest absolute Gasteiger partial charge is 0.355 e. The van der Waals surface area contributed by atoms with E-state index in [4.69, 9.17) is 0 Å². The van der Waals surface area contributed by atoms with Crippen molar-refractivity contribution in [2.24, 2.45) is 0 Å². The van der Waals surface area contributed by atoms with E-state index in [-0.39, 0.29) is 11.8 Å². The molecule has 0 aliphatic heterocycles. The molecular formula is C19H22N2O2. The lowest BCUT2D eigenvalue weighted by Crippen LogP contribution is -2.26. The van der Waals surface area contributed by atoms with Crippen molar-refractivity contribution in [2.75, 3.05) is 14.1 Å². The second-order valence-electron chi connectivity index (χ2n) is 5.49. The molecule has 0 atom stereocenters. The van der Waals surface area contributed by atoms with Crippen LogP contribution in [0.1, 0.15) is 38.8 Å². The third kappa shape index (κ3) is 4.19. The summed E-state index contributed by atoms with van der Waals surface area (Å²) in [5.41, 5.74) is 3.50. The molecular weight excluding hydrogens is 288 g/mol. The summed E-state index contributed by atoms with van der Waals surface area (Å²) in [5, 5.41) is 2.59. The molecule has 0 unspecified atom stereocenters. The molecule has 0 aliphatic carbocycles. The van der Waals surface area contributed by atoms with E-state index < -0.39 is 0 Å². The van der Waals surface area contributed by atoms with Crippen LogP contribution in [-0.2, 0) is 13.0 Å². The van der Waals surface area contributed by atoms with Crippen LogP contribution < -0.4 is 5.32 Å². The Hall–Kier alpha value is -2.62. The Morgan fingerprint density at radius 2 is 1.43 bits per heavy atom. The molecule has 23 heavy (non-hydrogen) atoms. The van der Waals surface area contributed by atoms with E-state index in [0.29, 0.717) is 17.7 Å². The lowest BCUT2D eigenvalue weighted by Gasteiger charge is -2.17. The molecule has 0 aromatic heterocycles. The van der Waals surface area contributed by atoms with Crippen molar-refractivity contribution in [3.8, 4) is 0 Å². The van der Waals surface area contributed by atoms with E-state index in [0.717, 1.165) is 12.0 Å². The number of rotatable bonds is 5. The number of nitrogens with zero attached hydrogens (tertiary/aromatic N) is 1. The molecule has 0 spiro atoms. The number of amides is 2. The molecule has 4 nitrogen and oxygen atoms in total. The van der Waals surface area contributed by atoms with Crippen molar-refractivity contribution in [1.82, 2.24) is 10.2 Å². The SMILES string of the molecule is CCc1ccc(C(=O)N(C)Cc2ccc(C(=O)NC)cc2)cc1. The summed E-state index contributed by atoms with van der Waals surface area (Å²) in [5.74, 6) is -0.125. The monoisotopic (exact) mass is 310 g/mol. The van der Waals surface area contributed by atoms with Gasteiger partial charge in [0.15, 0.2) is 0 Å². The smallest absolute Gasteiger partial charge is 0.253 e. The van der Waals surface area contributed by atoms with Crippen LogP contribution >= 0.6 is 0 Å². The van der Waals surface area contributed by atoms with E-state index in [1.807, 2.05) is 36.4 Å². The normalized spacial score (nSPS) is 10.2. The minimum absolute atomic E-state index is 0.0111. The van der Waals surface area contributed by atoms with Crippen molar-refractivity contribution in [2.45, 2.75) is 19.9 Å². The first-order valence-electron chi connectivity index (χ1n) is 7.70. The quantitative estimate of drug-likeness (QED) is 0.923. The first-order chi connectivity index (χ1) is 11.0. The van der Waals surface area contributed by atoms with E-state index in [1.165, 1.54) is 5.56 Å². The van der Waals surface area contributed by atoms with Gasteiger partial charge in [-0.3, -0.25) is 9.59 Å². The Morgan fingerprint density at radius 1 is 0.913 bits per heavy atom. The number of hydrogen-bond acceptors (Lipinski definition) is 2. The van der Waals surface area contributed by atoms with Gasteiger partial charge in [0.1, 0.15) is 0 Å². The summed E-state index contributed by atoms with van der Waals surface area (Å²) >= 11 is 0. The van der Waals surface area contributed by atoms with Crippen LogP contribution in [0.3, 0.4) is 0 Å². The van der Waals surface area contributed by atoms with Crippen LogP contribution in [0, 0.1) is 0 Å². The standard InChI is InChI=1S/C19H22N2O2/c1-4-14-5-11-17(12-6-14)19(23)21(3)13-15-7-9-16(10-8-15)18(22)20-2/h5-12H,4,13H2,1-3H3,(H,20,22). The number of nitrogens with one attached hydrogen (secondary N) is 1. The highest BCUT2D eigenvalue weighted by atomic mass is 16.2. The van der Waals surface area contributed by atoms with E-state index in [9.17, 15) is 9.59 Å². The molecule has 1 N–H and O–H groups in total. The fourth-order valence-corrected chi connectivity index (χ4v) is 2.35. The van der Waals surface area contributed by atoms with Crippen molar-refractivity contribution >= 4 is 11.8 Å². The minimum Gasteiger partial charge on any atom is -0.355 e. The Morgan fingerprint density at radius 3 is 1.96 bits per heavy atom. The van der Waals surface area contributed by atoms with Gasteiger partial charge in [0.25, 0.3) is 11.8 Å². The fraction of sp³-hybridized carbons (Fsp3) is 0.263. The molecule has 0 fully saturated rings. The van der Waals surface area contributed by atoms with Gasteiger partial charge >= 0.3 is 0 Å². The molecule has 2 rings (SSSR count). The van der Waals surface area contributed by atoms with Gasteiger partial charge in [-0.05, 0) is 41.8 Å². The van der Waals surface area contributed by atoms with Crippen LogP contribution in [-0.4, -0.2) is 30.8 Å². The topological polar surface area (TPSA) is 49.4 Å². The lowest BCUT2D eigenvalue weighted by molar-refractivity contribution is 0.0784. The van der Waals surface area contributed by atoms with Crippen LogP contribution in [0.4, 0.5) is 0 Å². The third-order valence-electron chi connectivity index (χ3n) is 3.82. The molecule has 2 aromatic rings. The predicted octanol–water partition coefficient (Wildman–Crippen LogP) is 2.88. The van der Waals surface area contributed by atoms with Gasteiger partial charge in [-0.25, -0.2) is 0 Å². The highest BCUT2D eigenvalue weighted by Crippen LogP contribution is 2.11. The molecule has 120 valence electrons. The maximum atomic E-state index is 12.4. The number of carbonyl (C=O) groups excluding carboxylic acids is 2. The third-order valence-corrected chi connectivity index (χ3v) is 3.82. The summed E-state index contributed by atoms with van der Waals surface area (Å²) in [6, 6.07) is 15.0. The average molecular weight is 310 g/mol. The van der Waals surface area contributed by atoms with Crippen LogP contribution in [0.25, 0.3) is 0 Å². The summed E-state index contributed by atoms with van der Waals surface area (Å²) in [7, 11) is 3.38. The zero-order chi connectivity index (χ0) is 16.8. The molecule has 4 heteroatoms.